The number of nitrogens with two attached hydrogens (primary N) is 2. The second-order valence-corrected chi connectivity index (χ2v) is 42.2. The van der Waals surface area contributed by atoms with Gasteiger partial charge in [-0.05, 0) is 41.0 Å². The number of nitrogens with zero attached hydrogens (tertiary/aromatic N) is 10. The Labute approximate surface area is 741 Å². The molecule has 6 aliphatic rings. The Morgan fingerprint density at radius 2 is 0.859 bits per heavy atom. The molecular formula is C67H88N16O36P5S4-5. The van der Waals surface area contributed by atoms with Gasteiger partial charge < -0.3 is 141 Å². The van der Waals surface area contributed by atoms with Crippen LogP contribution in [0.1, 0.15) is 104 Å². The van der Waals surface area contributed by atoms with Gasteiger partial charge in [0.2, 0.25) is 0 Å². The molecule has 0 spiro atoms. The van der Waals surface area contributed by atoms with Gasteiger partial charge in [0.25, 0.3) is 30.1 Å². The third-order valence-electron chi connectivity index (χ3n) is 21.1. The first kappa shape index (κ1) is 99.0. The average molecular weight is 1980 g/mol. The first-order valence-electron chi connectivity index (χ1n) is 39.0. The SMILES string of the molecule is CC[C@H]1O[C@@H](n2cc(C)c(=O)[nH]c2=O)C[C@H]1OP(=O)([S-])OC[C@H]1O[C@@H](n2cc(C)c(N)nc2=O)C[C@H]1OP([O-])(=S)OC[C@H]1O[C@@H](n2cnc3c(N)ncnc32)C(OCCOC)[C@H]1OP(=O)([O-])OC[C@H]1O[C@@H](n2cc(C)c(=O)[nH]c2=O)C[C@H]1OP([O-])(=S)OC[C@H]1O[C@@H](n2cc(C)c(=O)[nH]c2=O)C[C@H]1OP([O-])(=S)OC[C@H]1O[C@@H](n2cc(C)c(=O)[nH]c2=O)C(OCCOC)[C@H]1O. The molecule has 0 saturated carbocycles. The van der Waals surface area contributed by atoms with E-state index in [1.165, 1.54) is 71.4 Å². The molecule has 13 heterocycles. The third-order valence-corrected chi connectivity index (χ3v) is 28.4. The number of anilines is 2. The van der Waals surface area contributed by atoms with Crippen LogP contribution in [0.25, 0.3) is 11.2 Å². The largest absolute Gasteiger partial charge is 0.780 e. The van der Waals surface area contributed by atoms with E-state index in [2.05, 4.69) is 39.9 Å². The van der Waals surface area contributed by atoms with Crippen LogP contribution in [0.15, 0.2) is 86.8 Å². The van der Waals surface area contributed by atoms with E-state index in [4.69, 9.17) is 152 Å². The normalized spacial score (nSPS) is 29.6. The van der Waals surface area contributed by atoms with Crippen LogP contribution in [0.5, 0.6) is 0 Å². The number of rotatable bonds is 40. The summed E-state index contributed by atoms with van der Waals surface area (Å²) in [6.45, 7) is -16.1. The van der Waals surface area contributed by atoms with Crippen molar-refractivity contribution in [3.05, 3.63) is 165 Å². The van der Waals surface area contributed by atoms with Crippen molar-refractivity contribution in [3.63, 3.8) is 0 Å². The standard InChI is InChI=1S/C67H93N16O36P5S4/c1-9-35-36(14-45(109-35)79-19-31(3)57(85)74-64(79)90)115-121(96,125)105-24-41-38(16-46(111-41)78-18-30(2)54(68)73-63(78)89)118-124(99,128)108-27-44-51(53(103-13-11-101-8)62(114-44)83-29-72-49-55(69)70-28-71-56(49)83)119-120(94,95)104-23-40-37(15-47(110-40)80-20-32(4)58(86)75-65(80)91)116-122(97,126)106-25-42-39(17-48(112-42)81-21-33(5)59(87)76-66(81)92)117-123(98,127)107-26-43-50(84)52(102-12-10-100-7)61(113-43)82-22-34(6)60(88)77-67(82)93/h18-22,28-29,35-48,50-53,61-62,84H,9-17,23-27H2,1-8H3,(H,94,95)(H,96,125)(H,97,126)(H,98,127)(H,99,128)(H2,68,73,89)(H2,69,70,71)(H,74,85,90)(H,75,86,91)(H,76,87,92)(H,77,88,93)/p-5/t35-,36-,37-,38-,39-,40-,41-,42-,43-,44-,45-,46-,47-,48-,50+,51+,52?,53?,61-,62-,121?,122?,123?,124?/m1/s1. The summed E-state index contributed by atoms with van der Waals surface area (Å²) in [5.74, 6) is -0.230. The lowest BCUT2D eigenvalue weighted by molar-refractivity contribution is -0.238. The van der Waals surface area contributed by atoms with Crippen LogP contribution in [0.3, 0.4) is 0 Å². The van der Waals surface area contributed by atoms with Gasteiger partial charge >= 0.3 is 28.4 Å². The minimum atomic E-state index is -5.98. The van der Waals surface area contributed by atoms with Gasteiger partial charge in [-0.15, -0.1) is 0 Å². The Kier molecular flexibility index (Phi) is 31.8. The van der Waals surface area contributed by atoms with E-state index >= 15 is 0 Å². The van der Waals surface area contributed by atoms with Crippen LogP contribution in [0.4, 0.5) is 11.6 Å². The maximum Gasteiger partial charge on any atom is 0.351 e. The van der Waals surface area contributed by atoms with Gasteiger partial charge in [0.05, 0.1) is 96.3 Å². The summed E-state index contributed by atoms with van der Waals surface area (Å²) < 4.78 is 153. The molecule has 6 saturated heterocycles. The monoisotopic (exact) mass is 1980 g/mol. The fourth-order valence-corrected chi connectivity index (χ4v) is 21.5. The summed E-state index contributed by atoms with van der Waals surface area (Å²) >= 11 is 21.7. The Morgan fingerprint density at radius 3 is 1.34 bits per heavy atom. The van der Waals surface area contributed by atoms with E-state index in [9.17, 15) is 77.0 Å². The molecule has 52 nitrogen and oxygen atoms in total. The van der Waals surface area contributed by atoms with Crippen LogP contribution in [-0.2, 0) is 149 Å². The molecule has 0 aromatic carbocycles. The third kappa shape index (κ3) is 23.5. The first-order valence-corrected chi connectivity index (χ1v) is 50.7. The number of H-pyrrole nitrogens is 4. The van der Waals surface area contributed by atoms with Gasteiger partial charge in [0, 0.05) is 98.7 Å². The fraction of sp³-hybridized carbons (Fsp3) is 0.627. The minimum Gasteiger partial charge on any atom is -0.780 e. The fourth-order valence-electron chi connectivity index (χ4n) is 14.7. The van der Waals surface area contributed by atoms with Crippen LogP contribution < -0.4 is 81.7 Å². The molecule has 9 N–H and O–H groups in total. The number of aromatic nitrogens is 14. The Hall–Kier alpha value is -6.49. The van der Waals surface area contributed by atoms with E-state index in [1.54, 1.807) is 13.8 Å². The lowest BCUT2D eigenvalue weighted by Gasteiger charge is -2.36. The van der Waals surface area contributed by atoms with Crippen molar-refractivity contribution >= 4 is 105 Å². The lowest BCUT2D eigenvalue weighted by atomic mass is 10.1. The quantitative estimate of drug-likeness (QED) is 0.0112. The van der Waals surface area contributed by atoms with Crippen molar-refractivity contribution in [2.45, 2.75) is 196 Å². The molecule has 0 bridgehead atoms. The number of aliphatic hydroxyl groups excluding tert-OH is 1. The number of hydrogen-bond acceptors (Lipinski definition) is 46. The molecule has 0 aliphatic carbocycles. The number of phosphoric acid groups is 1. The minimum absolute atomic E-state index is 0.00351. The Bertz CT molecular complexity index is 6060. The number of nitrogen functional groups attached to an aromatic ring is 2. The van der Waals surface area contributed by atoms with E-state index in [1.807, 2.05) is 0 Å². The number of imidazole rings is 1. The van der Waals surface area contributed by atoms with Crippen molar-refractivity contribution in [2.24, 2.45) is 0 Å². The molecule has 7 unspecified atom stereocenters. The summed E-state index contributed by atoms with van der Waals surface area (Å²) in [5.41, 5.74) is 5.19. The first-order chi connectivity index (χ1) is 60.4. The highest BCUT2D eigenvalue weighted by atomic mass is 32.7. The van der Waals surface area contributed by atoms with Crippen molar-refractivity contribution in [2.75, 3.05) is 85.1 Å². The molecule has 6 aliphatic heterocycles. The summed E-state index contributed by atoms with van der Waals surface area (Å²) in [7, 11) is -3.28. The highest BCUT2D eigenvalue weighted by Crippen LogP contribution is 2.55. The summed E-state index contributed by atoms with van der Waals surface area (Å²) in [6.07, 6.45) is -22.6. The van der Waals surface area contributed by atoms with Gasteiger partial charge in [0.15, 0.2) is 30.7 Å². The molecule has 0 radical (unpaired) electrons. The van der Waals surface area contributed by atoms with E-state index < -0.39 is 261 Å². The predicted molar refractivity (Wildman–Crippen MR) is 443 cm³/mol. The van der Waals surface area contributed by atoms with Gasteiger partial charge in [-0.3, -0.25) is 75.6 Å². The van der Waals surface area contributed by atoms with Gasteiger partial charge in [-0.25, -0.2) is 38.9 Å². The van der Waals surface area contributed by atoms with Gasteiger partial charge in [-0.1, -0.05) is 42.3 Å². The second-order valence-electron chi connectivity index (χ2n) is 30.0. The number of aliphatic hydroxyl groups is 1. The number of phosphoric ester groups is 1. The maximum atomic E-state index is 14.9. The van der Waals surface area contributed by atoms with Crippen LogP contribution in [-0.4, -0.2) is 232 Å². The average Bonchev–Trinajstić information content (AvgIpc) is 1.61. The smallest absolute Gasteiger partial charge is 0.351 e. The van der Waals surface area contributed by atoms with Crippen molar-refractivity contribution < 1.29 is 126 Å². The molecule has 128 heavy (non-hydrogen) atoms. The molecular weight excluding hydrogens is 1890 g/mol. The molecule has 706 valence electrons. The van der Waals surface area contributed by atoms with E-state index in [-0.39, 0.29) is 84.3 Å². The zero-order chi connectivity index (χ0) is 92.6. The van der Waals surface area contributed by atoms with Crippen LogP contribution in [0, 0.1) is 34.6 Å². The highest BCUT2D eigenvalue weighted by molar-refractivity contribution is 8.32. The summed E-state index contributed by atoms with van der Waals surface area (Å²) in [6, 6.07) is 0. The second kappa shape index (κ2) is 41.2. The number of methoxy groups -OCH3 is 2. The number of aromatic amines is 4. The Morgan fingerprint density at radius 1 is 0.469 bits per heavy atom. The predicted octanol–water partition coefficient (Wildman–Crippen LogP) is -3.34. The van der Waals surface area contributed by atoms with Crippen molar-refractivity contribution in [3.8, 4) is 0 Å². The van der Waals surface area contributed by atoms with Gasteiger partial charge in [-0.2, -0.15) is 4.98 Å². The van der Waals surface area contributed by atoms with Crippen molar-refractivity contribution in [1.82, 2.24) is 67.3 Å². The summed E-state index contributed by atoms with van der Waals surface area (Å²) in [5, 5.41) is 11.5. The number of ether oxygens (including phenoxy) is 10. The molecule has 13 rings (SSSR count). The molecule has 7 aromatic rings. The topological polar surface area (TPSA) is 681 Å². The Balaban J connectivity index is 0.733. The zero-order valence-corrected chi connectivity index (χ0v) is 76.5. The summed E-state index contributed by atoms with van der Waals surface area (Å²) in [4.78, 5) is 200. The number of aryl methyl sites for hydroxylation is 5. The number of hydrogen-bond donors (Lipinski definition) is 7. The molecule has 61 heteroatoms. The maximum absolute atomic E-state index is 14.9. The van der Waals surface area contributed by atoms with Gasteiger partial charge in [0.1, 0.15) is 118 Å². The highest BCUT2D eigenvalue weighted by Gasteiger charge is 2.53. The zero-order valence-electron chi connectivity index (χ0n) is 68.7. The molecule has 25 atom stereocenters. The number of nitrogens with one attached hydrogen (secondary N) is 4. The van der Waals surface area contributed by atoms with Crippen molar-refractivity contribution in [1.29, 1.82) is 0 Å². The molecule has 0 amide bonds. The van der Waals surface area contributed by atoms with Crippen LogP contribution >= 0.6 is 34.8 Å². The molecule has 6 fully saturated rings. The van der Waals surface area contributed by atoms with Crippen LogP contribution in [0.2, 0.25) is 0 Å². The molecule has 7 aromatic heterocycles. The number of fused-ring (bicyclic) bond motifs is 1. The van der Waals surface area contributed by atoms with E-state index in [0.29, 0.717) is 5.56 Å². The van der Waals surface area contributed by atoms with E-state index in [0.717, 1.165) is 41.6 Å². The lowest BCUT2D eigenvalue weighted by Crippen LogP contribution is -2.40.